The summed E-state index contributed by atoms with van der Waals surface area (Å²) in [4.78, 5) is 30.3. The van der Waals surface area contributed by atoms with Crippen LogP contribution >= 0.6 is 15.9 Å². The van der Waals surface area contributed by atoms with Crippen LogP contribution in [0.15, 0.2) is 63.7 Å². The first-order valence-electron chi connectivity index (χ1n) is 12.6. The molecule has 0 aliphatic carbocycles. The zero-order chi connectivity index (χ0) is 29.5. The third kappa shape index (κ3) is 6.63. The van der Waals surface area contributed by atoms with E-state index in [4.69, 9.17) is 33.2 Å². The van der Waals surface area contributed by atoms with Crippen LogP contribution in [0.1, 0.15) is 35.3 Å². The normalized spacial score (nSPS) is 13.4. The molecule has 1 aliphatic rings. The highest BCUT2D eigenvalue weighted by atomic mass is 79.9. The smallest absolute Gasteiger partial charge is 0.363 e. The van der Waals surface area contributed by atoms with Gasteiger partial charge in [0.2, 0.25) is 11.6 Å². The van der Waals surface area contributed by atoms with Crippen LogP contribution in [0.2, 0.25) is 0 Å². The van der Waals surface area contributed by atoms with E-state index >= 15 is 0 Å². The summed E-state index contributed by atoms with van der Waals surface area (Å²) in [6, 6.07) is 13.1. The SMILES string of the molecule is CCOc1ccc(C2=N/C(=C\c3cc(Br)ccc3OC(=O)c3cc(OC)c(OC)c(OC)c3)C(=O)O2)cc1OCC. The first-order valence-corrected chi connectivity index (χ1v) is 13.3. The maximum absolute atomic E-state index is 13.1. The fraction of sp³-hybridized carbons (Fsp3) is 0.233. The number of halogens is 1. The third-order valence-corrected chi connectivity index (χ3v) is 6.27. The molecule has 0 spiro atoms. The highest BCUT2D eigenvalue weighted by Gasteiger charge is 2.26. The van der Waals surface area contributed by atoms with E-state index in [9.17, 15) is 9.59 Å². The van der Waals surface area contributed by atoms with E-state index in [0.29, 0.717) is 57.6 Å². The summed E-state index contributed by atoms with van der Waals surface area (Å²) in [6.07, 6.45) is 1.48. The molecule has 41 heavy (non-hydrogen) atoms. The predicted octanol–water partition coefficient (Wildman–Crippen LogP) is 5.84. The van der Waals surface area contributed by atoms with E-state index in [1.54, 1.807) is 36.4 Å². The van der Waals surface area contributed by atoms with E-state index in [-0.39, 0.29) is 22.9 Å². The fourth-order valence-corrected chi connectivity index (χ4v) is 4.33. The maximum Gasteiger partial charge on any atom is 0.363 e. The Kier molecular flexibility index (Phi) is 9.51. The molecule has 0 saturated carbocycles. The molecule has 0 saturated heterocycles. The summed E-state index contributed by atoms with van der Waals surface area (Å²) >= 11 is 3.42. The number of rotatable bonds is 11. The van der Waals surface area contributed by atoms with Gasteiger partial charge in [0.15, 0.2) is 28.7 Å². The zero-order valence-electron chi connectivity index (χ0n) is 23.1. The first-order chi connectivity index (χ1) is 19.8. The minimum atomic E-state index is -0.678. The predicted molar refractivity (Wildman–Crippen MR) is 155 cm³/mol. The van der Waals surface area contributed by atoms with Gasteiger partial charge in [-0.05, 0) is 68.5 Å². The van der Waals surface area contributed by atoms with Gasteiger partial charge in [0, 0.05) is 15.6 Å². The van der Waals surface area contributed by atoms with Crippen LogP contribution in [-0.2, 0) is 9.53 Å². The highest BCUT2D eigenvalue weighted by molar-refractivity contribution is 9.10. The largest absolute Gasteiger partial charge is 0.493 e. The molecule has 0 amide bonds. The summed E-state index contributed by atoms with van der Waals surface area (Å²) in [5.74, 6) is 0.990. The second kappa shape index (κ2) is 13.2. The second-order valence-electron chi connectivity index (χ2n) is 8.35. The number of hydrogen-bond donors (Lipinski definition) is 0. The minimum Gasteiger partial charge on any atom is -0.493 e. The number of cyclic esters (lactones) is 1. The summed E-state index contributed by atoms with van der Waals surface area (Å²) in [6.45, 7) is 4.64. The van der Waals surface area contributed by atoms with Crippen molar-refractivity contribution in [2.24, 2.45) is 4.99 Å². The van der Waals surface area contributed by atoms with Crippen LogP contribution in [0.5, 0.6) is 34.5 Å². The molecular weight excluding hydrogens is 598 g/mol. The molecule has 0 unspecified atom stereocenters. The van der Waals surface area contributed by atoms with E-state index in [1.165, 1.54) is 39.5 Å². The lowest BCUT2D eigenvalue weighted by molar-refractivity contribution is -0.129. The van der Waals surface area contributed by atoms with Gasteiger partial charge in [-0.3, -0.25) is 0 Å². The average Bonchev–Trinajstić information content (AvgIpc) is 3.34. The molecule has 11 heteroatoms. The van der Waals surface area contributed by atoms with Crippen molar-refractivity contribution in [2.45, 2.75) is 13.8 Å². The lowest BCUT2D eigenvalue weighted by atomic mass is 10.1. The van der Waals surface area contributed by atoms with Crippen molar-refractivity contribution >= 4 is 39.8 Å². The Labute approximate surface area is 245 Å². The standard InChI is InChI=1S/C30H28BrNO9/c1-6-38-23-10-8-17(14-24(23)39-7-2)28-32-21(30(34)41-28)13-18-12-20(31)9-11-22(18)40-29(33)19-15-25(35-3)27(37-5)26(16-19)36-4/h8-16H,6-7H2,1-5H3/b21-13-. The Morgan fingerprint density at radius 2 is 1.51 bits per heavy atom. The molecule has 3 aromatic carbocycles. The quantitative estimate of drug-likeness (QED) is 0.147. The van der Waals surface area contributed by atoms with Crippen LogP contribution in [0.3, 0.4) is 0 Å². The second-order valence-corrected chi connectivity index (χ2v) is 9.26. The average molecular weight is 626 g/mol. The number of carbonyl (C=O) groups excluding carboxylic acids is 2. The fourth-order valence-electron chi connectivity index (χ4n) is 3.95. The van der Waals surface area contributed by atoms with Crippen molar-refractivity contribution in [2.75, 3.05) is 34.5 Å². The van der Waals surface area contributed by atoms with Crippen LogP contribution < -0.4 is 28.4 Å². The number of nitrogens with zero attached hydrogens (tertiary/aromatic N) is 1. The first kappa shape index (κ1) is 29.5. The molecular formula is C30H28BrNO9. The van der Waals surface area contributed by atoms with Crippen molar-refractivity contribution in [3.05, 3.63) is 75.4 Å². The summed E-state index contributed by atoms with van der Waals surface area (Å²) in [5, 5.41) is 0. The molecule has 214 valence electrons. The zero-order valence-corrected chi connectivity index (χ0v) is 24.7. The summed E-state index contributed by atoms with van der Waals surface area (Å²) < 4.78 is 39.1. The Hall–Kier alpha value is -4.51. The van der Waals surface area contributed by atoms with Crippen molar-refractivity contribution in [1.29, 1.82) is 0 Å². The number of esters is 2. The monoisotopic (exact) mass is 625 g/mol. The van der Waals surface area contributed by atoms with Crippen molar-refractivity contribution in [1.82, 2.24) is 0 Å². The number of carbonyl (C=O) groups is 2. The van der Waals surface area contributed by atoms with Crippen molar-refractivity contribution in [3.8, 4) is 34.5 Å². The minimum absolute atomic E-state index is 0.0232. The van der Waals surface area contributed by atoms with Crippen LogP contribution in [-0.4, -0.2) is 52.4 Å². The Morgan fingerprint density at radius 3 is 2.15 bits per heavy atom. The number of hydrogen-bond acceptors (Lipinski definition) is 10. The molecule has 10 nitrogen and oxygen atoms in total. The molecule has 3 aromatic rings. The lowest BCUT2D eigenvalue weighted by Crippen LogP contribution is -2.10. The van der Waals surface area contributed by atoms with E-state index < -0.39 is 11.9 Å². The van der Waals surface area contributed by atoms with E-state index in [0.717, 1.165) is 0 Å². The van der Waals surface area contributed by atoms with Gasteiger partial charge < -0.3 is 33.2 Å². The van der Waals surface area contributed by atoms with Gasteiger partial charge >= 0.3 is 11.9 Å². The molecule has 0 radical (unpaired) electrons. The van der Waals surface area contributed by atoms with Gasteiger partial charge in [-0.25, -0.2) is 14.6 Å². The number of methoxy groups -OCH3 is 3. The Bertz CT molecular complexity index is 1510. The third-order valence-electron chi connectivity index (χ3n) is 5.78. The molecule has 0 aromatic heterocycles. The summed E-state index contributed by atoms with van der Waals surface area (Å²) in [5.41, 5.74) is 1.15. The molecule has 0 N–H and O–H groups in total. The van der Waals surface area contributed by atoms with Crippen molar-refractivity contribution in [3.63, 3.8) is 0 Å². The molecule has 0 fully saturated rings. The number of benzene rings is 3. The van der Waals surface area contributed by atoms with Gasteiger partial charge in [0.1, 0.15) is 5.75 Å². The number of aliphatic imine (C=N–C) groups is 1. The molecule has 1 aliphatic heterocycles. The topological polar surface area (TPSA) is 111 Å². The van der Waals surface area contributed by atoms with Crippen LogP contribution in [0.4, 0.5) is 0 Å². The van der Waals surface area contributed by atoms with Crippen LogP contribution in [0, 0.1) is 0 Å². The molecule has 0 bridgehead atoms. The molecule has 0 atom stereocenters. The van der Waals surface area contributed by atoms with Gasteiger partial charge in [-0.15, -0.1) is 0 Å². The van der Waals surface area contributed by atoms with Gasteiger partial charge in [0.25, 0.3) is 0 Å². The van der Waals surface area contributed by atoms with E-state index in [1.807, 2.05) is 13.8 Å². The van der Waals surface area contributed by atoms with Crippen molar-refractivity contribution < 1.29 is 42.7 Å². The van der Waals surface area contributed by atoms with E-state index in [2.05, 4.69) is 20.9 Å². The van der Waals surface area contributed by atoms with Gasteiger partial charge in [-0.1, -0.05) is 15.9 Å². The number of ether oxygens (including phenoxy) is 7. The molecule has 1 heterocycles. The van der Waals surface area contributed by atoms with Gasteiger partial charge in [0.05, 0.1) is 40.1 Å². The Balaban J connectivity index is 1.66. The summed E-state index contributed by atoms with van der Waals surface area (Å²) in [7, 11) is 4.37. The van der Waals surface area contributed by atoms with Crippen LogP contribution in [0.25, 0.3) is 6.08 Å². The highest BCUT2D eigenvalue weighted by Crippen LogP contribution is 2.39. The van der Waals surface area contributed by atoms with Gasteiger partial charge in [-0.2, -0.15) is 0 Å². The molecule has 4 rings (SSSR count). The Morgan fingerprint density at radius 1 is 0.854 bits per heavy atom. The maximum atomic E-state index is 13.1. The lowest BCUT2D eigenvalue weighted by Gasteiger charge is -2.14.